The molecule has 0 atom stereocenters. The molecule has 2 rings (SSSR count). The fourth-order valence-electron chi connectivity index (χ4n) is 2.56. The molecule has 1 aromatic rings. The maximum atomic E-state index is 12.3. The Balaban J connectivity index is 2.18. The molecular weight excluding hydrogens is 242 g/mol. The van der Waals surface area contributed by atoms with E-state index in [4.69, 9.17) is 4.74 Å². The number of nitrogens with zero attached hydrogens (tertiary/aromatic N) is 2. The van der Waals surface area contributed by atoms with E-state index in [1.165, 1.54) is 11.3 Å². The van der Waals surface area contributed by atoms with E-state index in [2.05, 4.69) is 23.3 Å². The van der Waals surface area contributed by atoms with Crippen LogP contribution in [-0.2, 0) is 31.3 Å². The van der Waals surface area contributed by atoms with Crippen molar-refractivity contribution >= 4 is 0 Å². The second-order valence-corrected chi connectivity index (χ2v) is 5.16. The molecule has 19 heavy (non-hydrogen) atoms. The summed E-state index contributed by atoms with van der Waals surface area (Å²) in [6.45, 7) is 3.97. The van der Waals surface area contributed by atoms with E-state index in [1.807, 2.05) is 11.6 Å². The quantitative estimate of drug-likeness (QED) is 0.768. The largest absolute Gasteiger partial charge is 0.383 e. The number of likely N-dealkylation sites (N-methyl/N-ethyl adjacent to an activating group) is 1. The predicted molar refractivity (Wildman–Crippen MR) is 75.3 cm³/mol. The van der Waals surface area contributed by atoms with Gasteiger partial charge < -0.3 is 19.5 Å². The average Bonchev–Trinajstić information content (AvgIpc) is 2.40. The molecule has 2 heterocycles. The van der Waals surface area contributed by atoms with Gasteiger partial charge in [-0.15, -0.1) is 0 Å². The van der Waals surface area contributed by atoms with Crippen molar-refractivity contribution in [1.29, 1.82) is 0 Å². The van der Waals surface area contributed by atoms with Crippen molar-refractivity contribution in [3.8, 4) is 0 Å². The minimum Gasteiger partial charge on any atom is -0.383 e. The minimum atomic E-state index is 0.119. The number of methoxy groups -OCH3 is 1. The first-order chi connectivity index (χ1) is 9.13. The number of hydrogen-bond acceptors (Lipinski definition) is 4. The number of hydrogen-bond donors (Lipinski definition) is 1. The van der Waals surface area contributed by atoms with Crippen molar-refractivity contribution < 1.29 is 4.74 Å². The lowest BCUT2D eigenvalue weighted by atomic mass is 10.0. The minimum absolute atomic E-state index is 0.119. The number of aromatic nitrogens is 1. The van der Waals surface area contributed by atoms with Crippen LogP contribution >= 0.6 is 0 Å². The number of pyridine rings is 1. The zero-order chi connectivity index (χ0) is 13.8. The smallest absolute Gasteiger partial charge is 0.255 e. The summed E-state index contributed by atoms with van der Waals surface area (Å²) < 4.78 is 6.80. The first-order valence-electron chi connectivity index (χ1n) is 6.72. The number of rotatable bonds is 5. The van der Waals surface area contributed by atoms with Crippen LogP contribution in [0.25, 0.3) is 0 Å². The van der Waals surface area contributed by atoms with E-state index >= 15 is 0 Å². The Labute approximate surface area is 114 Å². The molecule has 0 amide bonds. The van der Waals surface area contributed by atoms with Gasteiger partial charge in [-0.1, -0.05) is 0 Å². The summed E-state index contributed by atoms with van der Waals surface area (Å²) >= 11 is 0. The normalized spacial score (nSPS) is 15.5. The summed E-state index contributed by atoms with van der Waals surface area (Å²) in [7, 11) is 5.67. The standard InChI is InChI=1S/C14H23N3O2/c1-16-6-4-13-12(10-16)8-11(14(18)17(13)2)9-15-5-7-19-3/h8,15H,4-7,9-10H2,1-3H3. The van der Waals surface area contributed by atoms with Crippen LogP contribution in [0.1, 0.15) is 16.8 Å². The molecule has 0 radical (unpaired) electrons. The SMILES string of the molecule is COCCNCc1cc2c(n(C)c1=O)CCN(C)C2. The number of nitrogens with one attached hydrogen (secondary N) is 1. The van der Waals surface area contributed by atoms with Gasteiger partial charge in [0.15, 0.2) is 0 Å². The number of fused-ring (bicyclic) bond motifs is 1. The van der Waals surface area contributed by atoms with Gasteiger partial charge >= 0.3 is 0 Å². The van der Waals surface area contributed by atoms with Crippen LogP contribution in [0.15, 0.2) is 10.9 Å². The fourth-order valence-corrected chi connectivity index (χ4v) is 2.56. The molecule has 0 spiro atoms. The Morgan fingerprint density at radius 3 is 2.95 bits per heavy atom. The molecule has 1 aliphatic rings. The van der Waals surface area contributed by atoms with Gasteiger partial charge in [-0.25, -0.2) is 0 Å². The highest BCUT2D eigenvalue weighted by atomic mass is 16.5. The molecule has 1 aliphatic heterocycles. The highest BCUT2D eigenvalue weighted by molar-refractivity contribution is 5.28. The predicted octanol–water partition coefficient (Wildman–Crippen LogP) is 0.109. The molecule has 1 N–H and O–H groups in total. The van der Waals surface area contributed by atoms with Crippen LogP contribution in [0.5, 0.6) is 0 Å². The molecule has 0 fully saturated rings. The van der Waals surface area contributed by atoms with E-state index in [0.717, 1.165) is 31.6 Å². The van der Waals surface area contributed by atoms with Crippen LogP contribution in [0.4, 0.5) is 0 Å². The van der Waals surface area contributed by atoms with Gasteiger partial charge in [0.05, 0.1) is 6.61 Å². The Hall–Kier alpha value is -1.17. The zero-order valence-electron chi connectivity index (χ0n) is 12.0. The van der Waals surface area contributed by atoms with Crippen molar-refractivity contribution in [3.63, 3.8) is 0 Å². The molecule has 106 valence electrons. The molecule has 0 saturated carbocycles. The van der Waals surface area contributed by atoms with E-state index in [0.29, 0.717) is 13.2 Å². The molecule has 0 unspecified atom stereocenters. The molecule has 0 bridgehead atoms. The first kappa shape index (κ1) is 14.2. The van der Waals surface area contributed by atoms with Crippen LogP contribution in [-0.4, -0.2) is 43.3 Å². The zero-order valence-corrected chi connectivity index (χ0v) is 12.0. The van der Waals surface area contributed by atoms with Gasteiger partial charge in [0, 0.05) is 58.0 Å². The molecule has 1 aromatic heterocycles. The highest BCUT2D eigenvalue weighted by Crippen LogP contribution is 2.16. The Morgan fingerprint density at radius 2 is 2.21 bits per heavy atom. The van der Waals surface area contributed by atoms with Crippen molar-refractivity contribution in [2.75, 3.05) is 33.9 Å². The van der Waals surface area contributed by atoms with E-state index in [1.54, 1.807) is 7.11 Å². The molecule has 0 saturated heterocycles. The van der Waals surface area contributed by atoms with Crippen LogP contribution in [0.3, 0.4) is 0 Å². The summed E-state index contributed by atoms with van der Waals surface area (Å²) in [5, 5.41) is 3.24. The molecular formula is C14H23N3O2. The van der Waals surface area contributed by atoms with Gasteiger partial charge in [-0.05, 0) is 18.7 Å². The molecule has 5 nitrogen and oxygen atoms in total. The molecule has 0 aliphatic carbocycles. The first-order valence-corrected chi connectivity index (χ1v) is 6.72. The Kier molecular flexibility index (Phi) is 4.74. The van der Waals surface area contributed by atoms with Gasteiger partial charge in [0.2, 0.25) is 0 Å². The second-order valence-electron chi connectivity index (χ2n) is 5.16. The van der Waals surface area contributed by atoms with Gasteiger partial charge in [-0.3, -0.25) is 4.79 Å². The molecule has 5 heteroatoms. The topological polar surface area (TPSA) is 46.5 Å². The van der Waals surface area contributed by atoms with Crippen molar-refractivity contribution in [3.05, 3.63) is 33.2 Å². The summed E-state index contributed by atoms with van der Waals surface area (Å²) in [5.74, 6) is 0. The van der Waals surface area contributed by atoms with Crippen molar-refractivity contribution in [2.45, 2.75) is 19.5 Å². The molecule has 0 aromatic carbocycles. The highest BCUT2D eigenvalue weighted by Gasteiger charge is 2.18. The maximum absolute atomic E-state index is 12.3. The summed E-state index contributed by atoms with van der Waals surface area (Å²) in [5.41, 5.74) is 3.42. The lowest BCUT2D eigenvalue weighted by molar-refractivity contribution is 0.199. The summed E-state index contributed by atoms with van der Waals surface area (Å²) in [6, 6.07) is 2.06. The Bertz CT molecular complexity index is 496. The van der Waals surface area contributed by atoms with Gasteiger partial charge in [0.1, 0.15) is 0 Å². The fraction of sp³-hybridized carbons (Fsp3) is 0.643. The summed E-state index contributed by atoms with van der Waals surface area (Å²) in [6.07, 6.45) is 0.953. The third-order valence-electron chi connectivity index (χ3n) is 3.67. The van der Waals surface area contributed by atoms with Gasteiger partial charge in [0.25, 0.3) is 5.56 Å². The Morgan fingerprint density at radius 1 is 1.42 bits per heavy atom. The third kappa shape index (κ3) is 3.23. The second kappa shape index (κ2) is 6.32. The van der Waals surface area contributed by atoms with E-state index in [9.17, 15) is 4.79 Å². The van der Waals surface area contributed by atoms with Crippen LogP contribution in [0.2, 0.25) is 0 Å². The van der Waals surface area contributed by atoms with E-state index < -0.39 is 0 Å². The lowest BCUT2D eigenvalue weighted by Gasteiger charge is -2.27. The maximum Gasteiger partial charge on any atom is 0.255 e. The summed E-state index contributed by atoms with van der Waals surface area (Å²) in [4.78, 5) is 14.6. The van der Waals surface area contributed by atoms with Crippen LogP contribution in [0, 0.1) is 0 Å². The average molecular weight is 265 g/mol. The van der Waals surface area contributed by atoms with Crippen LogP contribution < -0.4 is 10.9 Å². The van der Waals surface area contributed by atoms with Crippen molar-refractivity contribution in [2.24, 2.45) is 7.05 Å². The van der Waals surface area contributed by atoms with Crippen molar-refractivity contribution in [1.82, 2.24) is 14.8 Å². The van der Waals surface area contributed by atoms with E-state index in [-0.39, 0.29) is 5.56 Å². The van der Waals surface area contributed by atoms with Gasteiger partial charge in [-0.2, -0.15) is 0 Å². The monoisotopic (exact) mass is 265 g/mol. The number of ether oxygens (including phenoxy) is 1. The third-order valence-corrected chi connectivity index (χ3v) is 3.67. The lowest BCUT2D eigenvalue weighted by Crippen LogP contribution is -2.35.